The van der Waals surface area contributed by atoms with E-state index < -0.39 is 6.04 Å². The second-order valence-electron chi connectivity index (χ2n) is 6.34. The molecular formula is C20H23FN2O. The molecule has 2 N–H and O–H groups in total. The summed E-state index contributed by atoms with van der Waals surface area (Å²) >= 11 is 0. The summed E-state index contributed by atoms with van der Waals surface area (Å²) in [7, 11) is 0. The fourth-order valence-electron chi connectivity index (χ4n) is 3.22. The van der Waals surface area contributed by atoms with Gasteiger partial charge < -0.3 is 5.32 Å². The average Bonchev–Trinajstić information content (AvgIpc) is 2.63. The first-order chi connectivity index (χ1) is 11.7. The summed E-state index contributed by atoms with van der Waals surface area (Å²) in [5.74, 6) is -0.425. The van der Waals surface area contributed by atoms with Crippen molar-refractivity contribution in [1.82, 2.24) is 5.32 Å². The van der Waals surface area contributed by atoms with E-state index in [1.54, 1.807) is 12.1 Å². The van der Waals surface area contributed by atoms with Crippen molar-refractivity contribution < 1.29 is 9.18 Å². The van der Waals surface area contributed by atoms with Gasteiger partial charge in [-0.05, 0) is 42.7 Å². The SMILES string of the molecule is O=C(Nc1ccc(F)cc1)[C@H](NC1CCCCC1)c1ccccc1. The molecule has 126 valence electrons. The van der Waals surface area contributed by atoms with Gasteiger partial charge in [0.05, 0.1) is 0 Å². The zero-order chi connectivity index (χ0) is 16.8. The molecule has 1 aliphatic rings. The zero-order valence-corrected chi connectivity index (χ0v) is 13.7. The van der Waals surface area contributed by atoms with E-state index in [0.717, 1.165) is 18.4 Å². The van der Waals surface area contributed by atoms with Crippen LogP contribution in [0.3, 0.4) is 0 Å². The largest absolute Gasteiger partial charge is 0.324 e. The molecule has 2 aromatic rings. The molecule has 1 fully saturated rings. The van der Waals surface area contributed by atoms with Crippen LogP contribution >= 0.6 is 0 Å². The maximum atomic E-state index is 13.0. The monoisotopic (exact) mass is 326 g/mol. The van der Waals surface area contributed by atoms with E-state index >= 15 is 0 Å². The van der Waals surface area contributed by atoms with Gasteiger partial charge in [-0.25, -0.2) is 4.39 Å². The van der Waals surface area contributed by atoms with Gasteiger partial charge in [0.15, 0.2) is 0 Å². The Morgan fingerprint density at radius 3 is 2.29 bits per heavy atom. The molecule has 0 heterocycles. The molecule has 3 nitrogen and oxygen atoms in total. The van der Waals surface area contributed by atoms with Gasteiger partial charge in [-0.15, -0.1) is 0 Å². The molecule has 1 atom stereocenters. The van der Waals surface area contributed by atoms with Crippen LogP contribution in [0.4, 0.5) is 10.1 Å². The first-order valence-corrected chi connectivity index (χ1v) is 8.60. The van der Waals surface area contributed by atoms with Crippen LogP contribution < -0.4 is 10.6 Å². The highest BCUT2D eigenvalue weighted by atomic mass is 19.1. The second-order valence-corrected chi connectivity index (χ2v) is 6.34. The van der Waals surface area contributed by atoms with Gasteiger partial charge in [0.2, 0.25) is 5.91 Å². The highest BCUT2D eigenvalue weighted by molar-refractivity contribution is 5.95. The molecule has 3 rings (SSSR count). The zero-order valence-electron chi connectivity index (χ0n) is 13.7. The molecule has 0 aromatic heterocycles. The topological polar surface area (TPSA) is 41.1 Å². The van der Waals surface area contributed by atoms with Crippen molar-refractivity contribution in [3.63, 3.8) is 0 Å². The highest BCUT2D eigenvalue weighted by Gasteiger charge is 2.24. The predicted molar refractivity (Wildman–Crippen MR) is 94.2 cm³/mol. The molecule has 0 saturated heterocycles. The van der Waals surface area contributed by atoms with Gasteiger partial charge in [0.25, 0.3) is 0 Å². The third kappa shape index (κ3) is 4.42. The Morgan fingerprint density at radius 1 is 0.958 bits per heavy atom. The Balaban J connectivity index is 1.75. The van der Waals surface area contributed by atoms with E-state index in [0.29, 0.717) is 11.7 Å². The standard InChI is InChI=1S/C20H23FN2O/c21-16-11-13-18(14-12-16)23-20(24)19(15-7-3-1-4-8-15)22-17-9-5-2-6-10-17/h1,3-4,7-8,11-14,17,19,22H,2,5-6,9-10H2,(H,23,24)/t19-/m1/s1. The minimum Gasteiger partial charge on any atom is -0.324 e. The Morgan fingerprint density at radius 2 is 1.62 bits per heavy atom. The van der Waals surface area contributed by atoms with E-state index in [2.05, 4.69) is 10.6 Å². The summed E-state index contributed by atoms with van der Waals surface area (Å²) in [6.07, 6.45) is 5.90. The van der Waals surface area contributed by atoms with Crippen molar-refractivity contribution in [3.8, 4) is 0 Å². The summed E-state index contributed by atoms with van der Waals surface area (Å²) in [6.45, 7) is 0. The number of halogens is 1. The van der Waals surface area contributed by atoms with E-state index in [9.17, 15) is 9.18 Å². The smallest absolute Gasteiger partial charge is 0.246 e. The lowest BCUT2D eigenvalue weighted by molar-refractivity contribution is -0.118. The van der Waals surface area contributed by atoms with Crippen molar-refractivity contribution in [1.29, 1.82) is 0 Å². The number of hydrogen-bond donors (Lipinski definition) is 2. The number of carbonyl (C=O) groups is 1. The maximum Gasteiger partial charge on any atom is 0.246 e. The van der Waals surface area contributed by atoms with Crippen LogP contribution in [0.1, 0.15) is 43.7 Å². The van der Waals surface area contributed by atoms with Crippen LogP contribution in [0.25, 0.3) is 0 Å². The summed E-state index contributed by atoms with van der Waals surface area (Å²) in [6, 6.07) is 15.6. The first-order valence-electron chi connectivity index (χ1n) is 8.60. The molecular weight excluding hydrogens is 303 g/mol. The predicted octanol–water partition coefficient (Wildman–Crippen LogP) is 4.43. The van der Waals surface area contributed by atoms with Crippen molar-refractivity contribution in [2.75, 3.05) is 5.32 Å². The molecule has 0 spiro atoms. The molecule has 2 aromatic carbocycles. The summed E-state index contributed by atoms with van der Waals surface area (Å²) in [5, 5.41) is 6.41. The van der Waals surface area contributed by atoms with Crippen molar-refractivity contribution in [3.05, 3.63) is 66.0 Å². The summed E-state index contributed by atoms with van der Waals surface area (Å²) in [4.78, 5) is 12.8. The van der Waals surface area contributed by atoms with Crippen molar-refractivity contribution in [2.24, 2.45) is 0 Å². The lowest BCUT2D eigenvalue weighted by atomic mass is 9.93. The minimum atomic E-state index is -0.403. The van der Waals surface area contributed by atoms with E-state index in [1.165, 1.54) is 31.4 Å². The quantitative estimate of drug-likeness (QED) is 0.853. The molecule has 0 unspecified atom stereocenters. The molecule has 0 radical (unpaired) electrons. The van der Waals surface area contributed by atoms with Gasteiger partial charge in [0.1, 0.15) is 11.9 Å². The van der Waals surface area contributed by atoms with Crippen LogP contribution in [-0.2, 0) is 4.79 Å². The Labute approximate surface area is 142 Å². The molecule has 1 amide bonds. The van der Waals surface area contributed by atoms with Gasteiger partial charge >= 0.3 is 0 Å². The number of rotatable bonds is 5. The fourth-order valence-corrected chi connectivity index (χ4v) is 3.22. The Kier molecular flexibility index (Phi) is 5.59. The number of anilines is 1. The normalized spacial score (nSPS) is 16.5. The Bertz CT molecular complexity index is 651. The van der Waals surface area contributed by atoms with Gasteiger partial charge in [-0.1, -0.05) is 49.6 Å². The fraction of sp³-hybridized carbons (Fsp3) is 0.350. The second kappa shape index (κ2) is 8.06. The number of hydrogen-bond acceptors (Lipinski definition) is 2. The van der Waals surface area contributed by atoms with E-state index in [4.69, 9.17) is 0 Å². The Hall–Kier alpha value is -2.20. The van der Waals surface area contributed by atoms with Crippen LogP contribution in [-0.4, -0.2) is 11.9 Å². The van der Waals surface area contributed by atoms with Gasteiger partial charge in [-0.2, -0.15) is 0 Å². The molecule has 4 heteroatoms. The summed E-state index contributed by atoms with van der Waals surface area (Å²) in [5.41, 5.74) is 1.55. The minimum absolute atomic E-state index is 0.113. The molecule has 1 aliphatic carbocycles. The van der Waals surface area contributed by atoms with E-state index in [-0.39, 0.29) is 11.7 Å². The van der Waals surface area contributed by atoms with Crippen LogP contribution in [0.15, 0.2) is 54.6 Å². The van der Waals surface area contributed by atoms with Crippen LogP contribution in [0.5, 0.6) is 0 Å². The van der Waals surface area contributed by atoms with Crippen LogP contribution in [0, 0.1) is 5.82 Å². The van der Waals surface area contributed by atoms with Gasteiger partial charge in [-0.3, -0.25) is 10.1 Å². The lowest BCUT2D eigenvalue weighted by Gasteiger charge is -2.28. The third-order valence-corrected chi connectivity index (χ3v) is 4.51. The van der Waals surface area contributed by atoms with Crippen molar-refractivity contribution in [2.45, 2.75) is 44.2 Å². The number of amides is 1. The maximum absolute atomic E-state index is 13.0. The molecule has 0 aliphatic heterocycles. The number of benzene rings is 2. The first kappa shape index (κ1) is 16.7. The highest BCUT2D eigenvalue weighted by Crippen LogP contribution is 2.23. The molecule has 24 heavy (non-hydrogen) atoms. The lowest BCUT2D eigenvalue weighted by Crippen LogP contribution is -2.40. The average molecular weight is 326 g/mol. The third-order valence-electron chi connectivity index (χ3n) is 4.51. The molecule has 1 saturated carbocycles. The van der Waals surface area contributed by atoms with Crippen molar-refractivity contribution >= 4 is 11.6 Å². The van der Waals surface area contributed by atoms with Gasteiger partial charge in [0, 0.05) is 11.7 Å². The summed E-state index contributed by atoms with van der Waals surface area (Å²) < 4.78 is 13.0. The van der Waals surface area contributed by atoms with E-state index in [1.807, 2.05) is 30.3 Å². The van der Waals surface area contributed by atoms with Crippen LogP contribution in [0.2, 0.25) is 0 Å². The molecule has 0 bridgehead atoms. The number of carbonyl (C=O) groups excluding carboxylic acids is 1. The number of nitrogens with one attached hydrogen (secondary N) is 2.